The van der Waals surface area contributed by atoms with Crippen LogP contribution in [0, 0.1) is 0 Å². The van der Waals surface area contributed by atoms with Gasteiger partial charge in [0.2, 0.25) is 0 Å². The maximum atomic E-state index is 12.7. The Morgan fingerprint density at radius 1 is 0.963 bits per heavy atom. The molecular formula is C22H20ClN3O. The van der Waals surface area contributed by atoms with E-state index in [0.29, 0.717) is 11.1 Å². The minimum atomic E-state index is -0.0274. The van der Waals surface area contributed by atoms with Crippen LogP contribution in [0.15, 0.2) is 65.6 Å². The number of aromatic nitrogens is 1. The number of anilines is 1. The van der Waals surface area contributed by atoms with Crippen LogP contribution in [0.3, 0.4) is 0 Å². The third-order valence-corrected chi connectivity index (χ3v) is 5.82. The van der Waals surface area contributed by atoms with Crippen molar-refractivity contribution in [2.24, 2.45) is 0 Å². The fourth-order valence-electron chi connectivity index (χ4n) is 3.95. The first-order valence-corrected chi connectivity index (χ1v) is 9.66. The molecular weight excluding hydrogens is 358 g/mol. The summed E-state index contributed by atoms with van der Waals surface area (Å²) in [6, 6.07) is 18.2. The lowest BCUT2D eigenvalue weighted by Crippen LogP contribution is -2.56. The van der Waals surface area contributed by atoms with E-state index in [2.05, 4.69) is 22.3 Å². The van der Waals surface area contributed by atoms with Gasteiger partial charge in [-0.3, -0.25) is 9.36 Å². The lowest BCUT2D eigenvalue weighted by atomic mass is 10.1. The molecule has 0 radical (unpaired) electrons. The zero-order chi connectivity index (χ0) is 18.4. The lowest BCUT2D eigenvalue weighted by molar-refractivity contribution is 0.420. The highest BCUT2D eigenvalue weighted by Gasteiger charge is 2.29. The summed E-state index contributed by atoms with van der Waals surface area (Å²) < 4.78 is 1.72. The van der Waals surface area contributed by atoms with E-state index in [9.17, 15) is 4.79 Å². The fourth-order valence-corrected chi connectivity index (χ4v) is 4.08. The summed E-state index contributed by atoms with van der Waals surface area (Å²) in [5.41, 5.74) is 5.43. The van der Waals surface area contributed by atoms with Crippen molar-refractivity contribution in [2.45, 2.75) is 12.5 Å². The first-order valence-electron chi connectivity index (χ1n) is 9.28. The van der Waals surface area contributed by atoms with E-state index in [1.165, 1.54) is 11.3 Å². The van der Waals surface area contributed by atoms with Crippen molar-refractivity contribution in [3.8, 4) is 16.8 Å². The molecule has 0 atom stereocenters. The Hall–Kier alpha value is -2.56. The predicted octanol–water partition coefficient (Wildman–Crippen LogP) is 3.49. The van der Waals surface area contributed by atoms with Crippen molar-refractivity contribution < 1.29 is 0 Å². The van der Waals surface area contributed by atoms with Crippen LogP contribution in [0.1, 0.15) is 5.56 Å². The largest absolute Gasteiger partial charge is 0.365 e. The summed E-state index contributed by atoms with van der Waals surface area (Å²) in [4.78, 5) is 15.2. The van der Waals surface area contributed by atoms with Gasteiger partial charge in [-0.15, -0.1) is 0 Å². The maximum absolute atomic E-state index is 12.7. The van der Waals surface area contributed by atoms with E-state index < -0.39 is 0 Å². The molecule has 1 N–H and O–H groups in total. The molecule has 0 aliphatic carbocycles. The summed E-state index contributed by atoms with van der Waals surface area (Å²) in [5.74, 6) is 0. The minimum absolute atomic E-state index is 0.0274. The Balaban J connectivity index is 1.47. The van der Waals surface area contributed by atoms with Gasteiger partial charge in [-0.1, -0.05) is 23.7 Å². The van der Waals surface area contributed by atoms with Gasteiger partial charge in [-0.2, -0.15) is 0 Å². The lowest BCUT2D eigenvalue weighted by Gasteiger charge is -2.37. The molecule has 5 rings (SSSR count). The van der Waals surface area contributed by atoms with Gasteiger partial charge in [0.1, 0.15) is 0 Å². The van der Waals surface area contributed by atoms with Crippen LogP contribution in [-0.4, -0.2) is 30.2 Å². The van der Waals surface area contributed by atoms with Gasteiger partial charge in [0, 0.05) is 48.3 Å². The molecule has 3 aromatic rings. The van der Waals surface area contributed by atoms with Crippen molar-refractivity contribution in [3.63, 3.8) is 0 Å². The van der Waals surface area contributed by atoms with Crippen molar-refractivity contribution >= 4 is 17.3 Å². The fraction of sp³-hybridized carbons (Fsp3) is 0.227. The van der Waals surface area contributed by atoms with Crippen LogP contribution in [0.4, 0.5) is 5.69 Å². The zero-order valence-corrected chi connectivity index (χ0v) is 15.6. The standard InChI is InChI=1S/C22H20ClN3O/c23-18-3-1-15(2-4-18)16-7-10-26(22(27)12-16)19-5-6-21-17(11-19)8-9-25(21)20-13-24-14-20/h1-7,10-12,20,24H,8-9,13-14H2. The molecule has 2 aliphatic heterocycles. The molecule has 136 valence electrons. The van der Waals surface area contributed by atoms with Gasteiger partial charge < -0.3 is 10.2 Å². The van der Waals surface area contributed by atoms with Gasteiger partial charge in [-0.05, 0) is 59.5 Å². The van der Waals surface area contributed by atoms with Crippen molar-refractivity contribution in [3.05, 3.63) is 81.7 Å². The second-order valence-corrected chi connectivity index (χ2v) is 7.64. The SMILES string of the molecule is O=c1cc(-c2ccc(Cl)cc2)ccn1-c1ccc2c(c1)CCN2C1CNC1. The first kappa shape index (κ1) is 16.6. The van der Waals surface area contributed by atoms with Crippen molar-refractivity contribution in [1.29, 1.82) is 0 Å². The first-order chi connectivity index (χ1) is 13.2. The van der Waals surface area contributed by atoms with Crippen LogP contribution in [0.25, 0.3) is 16.8 Å². The highest BCUT2D eigenvalue weighted by Crippen LogP contribution is 2.32. The molecule has 1 saturated heterocycles. The summed E-state index contributed by atoms with van der Waals surface area (Å²) in [7, 11) is 0. The molecule has 0 amide bonds. The van der Waals surface area contributed by atoms with E-state index in [-0.39, 0.29) is 5.56 Å². The molecule has 1 fully saturated rings. The van der Waals surface area contributed by atoms with Gasteiger partial charge in [-0.25, -0.2) is 0 Å². The summed E-state index contributed by atoms with van der Waals surface area (Å²) in [6.07, 6.45) is 2.90. The average molecular weight is 378 g/mol. The predicted molar refractivity (Wildman–Crippen MR) is 110 cm³/mol. The van der Waals surface area contributed by atoms with E-state index in [4.69, 9.17) is 11.6 Å². The number of halogens is 1. The van der Waals surface area contributed by atoms with E-state index >= 15 is 0 Å². The van der Waals surface area contributed by atoms with Crippen molar-refractivity contribution in [1.82, 2.24) is 9.88 Å². The minimum Gasteiger partial charge on any atom is -0.365 e. The number of hydrogen-bond donors (Lipinski definition) is 1. The Morgan fingerprint density at radius 3 is 2.48 bits per heavy atom. The monoisotopic (exact) mass is 377 g/mol. The van der Waals surface area contributed by atoms with Crippen LogP contribution in [0.5, 0.6) is 0 Å². The highest BCUT2D eigenvalue weighted by molar-refractivity contribution is 6.30. The van der Waals surface area contributed by atoms with E-state index in [0.717, 1.165) is 42.9 Å². The third-order valence-electron chi connectivity index (χ3n) is 5.57. The molecule has 0 saturated carbocycles. The molecule has 27 heavy (non-hydrogen) atoms. The number of pyridine rings is 1. The summed E-state index contributed by atoms with van der Waals surface area (Å²) >= 11 is 5.95. The van der Waals surface area contributed by atoms with Crippen LogP contribution in [0.2, 0.25) is 5.02 Å². The molecule has 4 nitrogen and oxygen atoms in total. The molecule has 5 heteroatoms. The number of hydrogen-bond acceptors (Lipinski definition) is 3. The number of fused-ring (bicyclic) bond motifs is 1. The Morgan fingerprint density at radius 2 is 1.78 bits per heavy atom. The second kappa shape index (κ2) is 6.55. The smallest absolute Gasteiger partial charge is 0.255 e. The molecule has 0 bridgehead atoms. The van der Waals surface area contributed by atoms with Crippen LogP contribution in [-0.2, 0) is 6.42 Å². The molecule has 0 spiro atoms. The molecule has 2 aromatic carbocycles. The van der Waals surface area contributed by atoms with E-state index in [1.807, 2.05) is 42.6 Å². The van der Waals surface area contributed by atoms with Gasteiger partial charge in [0.25, 0.3) is 5.56 Å². The van der Waals surface area contributed by atoms with Gasteiger partial charge in [0.05, 0.1) is 6.04 Å². The summed E-state index contributed by atoms with van der Waals surface area (Å²) in [5, 5.41) is 4.03. The van der Waals surface area contributed by atoms with Crippen molar-refractivity contribution in [2.75, 3.05) is 24.5 Å². The number of nitrogens with one attached hydrogen (secondary N) is 1. The molecule has 2 aliphatic rings. The van der Waals surface area contributed by atoms with Crippen LogP contribution >= 0.6 is 11.6 Å². The van der Waals surface area contributed by atoms with E-state index in [1.54, 1.807) is 10.6 Å². The van der Waals surface area contributed by atoms with Crippen LogP contribution < -0.4 is 15.8 Å². The number of rotatable bonds is 3. The summed E-state index contributed by atoms with van der Waals surface area (Å²) in [6.45, 7) is 3.19. The Kier molecular flexibility index (Phi) is 4.03. The quantitative estimate of drug-likeness (QED) is 0.759. The number of benzene rings is 2. The molecule has 1 aromatic heterocycles. The highest BCUT2D eigenvalue weighted by atomic mass is 35.5. The zero-order valence-electron chi connectivity index (χ0n) is 14.9. The normalized spacial score (nSPS) is 16.3. The topological polar surface area (TPSA) is 37.3 Å². The third kappa shape index (κ3) is 2.95. The maximum Gasteiger partial charge on any atom is 0.255 e. The average Bonchev–Trinajstić information content (AvgIpc) is 3.04. The Labute approximate surface area is 163 Å². The molecule has 0 unspecified atom stereocenters. The Bertz CT molecular complexity index is 1050. The second-order valence-electron chi connectivity index (χ2n) is 7.20. The number of nitrogens with zero attached hydrogens (tertiary/aromatic N) is 2. The molecule has 3 heterocycles. The van der Waals surface area contributed by atoms with Gasteiger partial charge in [0.15, 0.2) is 0 Å². The van der Waals surface area contributed by atoms with Gasteiger partial charge >= 0.3 is 0 Å².